The molecule has 188 valence electrons. The zero-order valence-corrected chi connectivity index (χ0v) is 20.7. The lowest BCUT2D eigenvalue weighted by molar-refractivity contribution is -0.228. The number of carbonyl (C=O) groups is 1. The maximum atomic E-state index is 13.4. The third-order valence-corrected chi connectivity index (χ3v) is 6.36. The van der Waals surface area contributed by atoms with E-state index in [1.807, 2.05) is 80.6 Å². The molecule has 2 saturated heterocycles. The Hall–Kier alpha value is -2.71. The molecular weight excluding hydrogens is 446 g/mol. The molecule has 2 fully saturated rings. The number of methoxy groups -OCH3 is 1. The van der Waals surface area contributed by atoms with Gasteiger partial charge in [-0.3, -0.25) is 0 Å². The van der Waals surface area contributed by atoms with Crippen molar-refractivity contribution in [2.24, 2.45) is 0 Å². The summed E-state index contributed by atoms with van der Waals surface area (Å²) >= 11 is 0. The van der Waals surface area contributed by atoms with Crippen LogP contribution in [0.2, 0.25) is 0 Å². The van der Waals surface area contributed by atoms with Crippen LogP contribution >= 0.6 is 0 Å². The highest BCUT2D eigenvalue weighted by Gasteiger charge is 2.56. The molecule has 0 N–H and O–H groups in total. The van der Waals surface area contributed by atoms with E-state index in [0.29, 0.717) is 19.4 Å². The van der Waals surface area contributed by atoms with Gasteiger partial charge in [-0.25, -0.2) is 4.79 Å². The third-order valence-electron chi connectivity index (χ3n) is 6.36. The fourth-order valence-electron chi connectivity index (χ4n) is 4.76. The van der Waals surface area contributed by atoms with Gasteiger partial charge in [-0.15, -0.1) is 6.58 Å². The molecule has 2 heterocycles. The van der Waals surface area contributed by atoms with Crippen molar-refractivity contribution >= 4 is 6.09 Å². The molecule has 1 unspecified atom stereocenters. The molecule has 7 heteroatoms. The van der Waals surface area contributed by atoms with E-state index in [0.717, 1.165) is 11.1 Å². The summed E-state index contributed by atoms with van der Waals surface area (Å²) in [5, 5.41) is 0. The van der Waals surface area contributed by atoms with Crippen molar-refractivity contribution in [2.45, 2.75) is 76.3 Å². The highest BCUT2D eigenvalue weighted by atomic mass is 16.8. The number of hydrogen-bond acceptors (Lipinski definition) is 6. The Balaban J connectivity index is 1.53. The first-order chi connectivity index (χ1) is 16.9. The van der Waals surface area contributed by atoms with Gasteiger partial charge in [0.05, 0.1) is 6.10 Å². The van der Waals surface area contributed by atoms with Crippen LogP contribution in [0.4, 0.5) is 4.79 Å². The van der Waals surface area contributed by atoms with Gasteiger partial charge in [0.25, 0.3) is 0 Å². The van der Waals surface area contributed by atoms with Crippen molar-refractivity contribution in [3.8, 4) is 0 Å². The number of ether oxygens (including phenoxy) is 5. The molecule has 2 aliphatic heterocycles. The number of hydrogen-bond donors (Lipinski definition) is 0. The van der Waals surface area contributed by atoms with E-state index in [1.165, 1.54) is 0 Å². The SMILES string of the molecule is C=CC[C@@H](C[C@H]1O[C@@H](OC)[C@H]2OC(C)(C)OC12)N(Cc1ccccc1)C(=O)OCc1ccccc1. The zero-order valence-electron chi connectivity index (χ0n) is 20.7. The molecule has 2 aliphatic rings. The summed E-state index contributed by atoms with van der Waals surface area (Å²) in [7, 11) is 1.60. The maximum absolute atomic E-state index is 13.4. The molecular formula is C28H35NO6. The Bertz CT molecular complexity index is 966. The summed E-state index contributed by atoms with van der Waals surface area (Å²) in [5.41, 5.74) is 1.95. The second-order valence-corrected chi connectivity index (χ2v) is 9.41. The molecule has 2 aromatic carbocycles. The predicted octanol–water partition coefficient (Wildman–Crippen LogP) is 5.05. The second kappa shape index (κ2) is 11.4. The molecule has 5 atom stereocenters. The Morgan fingerprint density at radius 1 is 1.06 bits per heavy atom. The molecule has 2 aromatic rings. The highest BCUT2D eigenvalue weighted by molar-refractivity contribution is 5.68. The topological polar surface area (TPSA) is 66.5 Å². The minimum absolute atomic E-state index is 0.202. The molecule has 0 saturated carbocycles. The van der Waals surface area contributed by atoms with E-state index in [-0.39, 0.29) is 37.1 Å². The average molecular weight is 482 g/mol. The Morgan fingerprint density at radius 3 is 2.31 bits per heavy atom. The predicted molar refractivity (Wildman–Crippen MR) is 131 cm³/mol. The van der Waals surface area contributed by atoms with Crippen LogP contribution in [0.15, 0.2) is 73.3 Å². The van der Waals surface area contributed by atoms with Crippen LogP contribution in [-0.4, -0.2) is 54.5 Å². The molecule has 0 aromatic heterocycles. The molecule has 4 rings (SSSR count). The standard InChI is InChI=1S/C28H35NO6/c1-5-12-22(17-23-24-25(26(31-4)33-23)35-28(2,3)34-24)29(18-20-13-8-6-9-14-20)27(30)32-19-21-15-10-7-11-16-21/h5-11,13-16,22-26H,1,12,17-19H2,2-4H3/t22-,23+,24?,25-,26+/m0/s1. The number of carbonyl (C=O) groups excluding carboxylic acids is 1. The lowest BCUT2D eigenvalue weighted by Crippen LogP contribution is -2.43. The van der Waals surface area contributed by atoms with E-state index < -0.39 is 12.1 Å². The van der Waals surface area contributed by atoms with Crippen LogP contribution in [0.25, 0.3) is 0 Å². The van der Waals surface area contributed by atoms with Gasteiger partial charge in [-0.2, -0.15) is 0 Å². The van der Waals surface area contributed by atoms with Gasteiger partial charge in [0.1, 0.15) is 18.8 Å². The Kier molecular flexibility index (Phi) is 8.23. The summed E-state index contributed by atoms with van der Waals surface area (Å²) < 4.78 is 29.7. The van der Waals surface area contributed by atoms with Crippen LogP contribution in [0, 0.1) is 0 Å². The lowest BCUT2D eigenvalue weighted by Gasteiger charge is -2.33. The van der Waals surface area contributed by atoms with E-state index in [9.17, 15) is 4.79 Å². The van der Waals surface area contributed by atoms with Gasteiger partial charge >= 0.3 is 6.09 Å². The Labute approximate surface area is 207 Å². The largest absolute Gasteiger partial charge is 0.445 e. The minimum atomic E-state index is -0.722. The highest BCUT2D eigenvalue weighted by Crippen LogP contribution is 2.41. The second-order valence-electron chi connectivity index (χ2n) is 9.41. The maximum Gasteiger partial charge on any atom is 0.410 e. The normalized spacial score (nSPS) is 25.6. The Morgan fingerprint density at radius 2 is 1.69 bits per heavy atom. The number of benzene rings is 2. The van der Waals surface area contributed by atoms with Gasteiger partial charge in [0.15, 0.2) is 12.1 Å². The zero-order chi connectivity index (χ0) is 24.8. The summed E-state index contributed by atoms with van der Waals surface area (Å²) in [6.45, 7) is 8.32. The monoisotopic (exact) mass is 481 g/mol. The smallest absolute Gasteiger partial charge is 0.410 e. The van der Waals surface area contributed by atoms with Crippen LogP contribution in [0.5, 0.6) is 0 Å². The van der Waals surface area contributed by atoms with Gasteiger partial charge in [0, 0.05) is 19.7 Å². The van der Waals surface area contributed by atoms with Gasteiger partial charge < -0.3 is 28.6 Å². The molecule has 1 amide bonds. The average Bonchev–Trinajstić information content (AvgIpc) is 3.34. The summed E-state index contributed by atoms with van der Waals surface area (Å²) in [6, 6.07) is 19.3. The lowest BCUT2D eigenvalue weighted by atomic mass is 9.99. The van der Waals surface area contributed by atoms with Gasteiger partial charge in [-0.1, -0.05) is 66.7 Å². The van der Waals surface area contributed by atoms with Crippen molar-refractivity contribution in [3.05, 3.63) is 84.4 Å². The molecule has 0 aliphatic carbocycles. The van der Waals surface area contributed by atoms with E-state index >= 15 is 0 Å². The number of fused-ring (bicyclic) bond motifs is 1. The first kappa shape index (κ1) is 25.4. The fourth-order valence-corrected chi connectivity index (χ4v) is 4.76. The van der Waals surface area contributed by atoms with Gasteiger partial charge in [-0.05, 0) is 37.8 Å². The number of amides is 1. The first-order valence-corrected chi connectivity index (χ1v) is 12.1. The van der Waals surface area contributed by atoms with Crippen LogP contribution in [-0.2, 0) is 36.8 Å². The summed E-state index contributed by atoms with van der Waals surface area (Å²) in [5.74, 6) is -0.722. The van der Waals surface area contributed by atoms with Crippen LogP contribution in [0.3, 0.4) is 0 Å². The molecule has 0 spiro atoms. The summed E-state index contributed by atoms with van der Waals surface area (Å²) in [6.07, 6.45) is 1.10. The van der Waals surface area contributed by atoms with Gasteiger partial charge in [0.2, 0.25) is 0 Å². The first-order valence-electron chi connectivity index (χ1n) is 12.1. The quantitative estimate of drug-likeness (QED) is 0.443. The van der Waals surface area contributed by atoms with Crippen molar-refractivity contribution in [2.75, 3.05) is 7.11 Å². The van der Waals surface area contributed by atoms with E-state index in [2.05, 4.69) is 6.58 Å². The summed E-state index contributed by atoms with van der Waals surface area (Å²) in [4.78, 5) is 15.2. The van der Waals surface area contributed by atoms with Crippen LogP contribution < -0.4 is 0 Å². The minimum Gasteiger partial charge on any atom is -0.445 e. The third kappa shape index (κ3) is 6.30. The molecule has 7 nitrogen and oxygen atoms in total. The van der Waals surface area contributed by atoms with E-state index in [1.54, 1.807) is 12.0 Å². The molecule has 35 heavy (non-hydrogen) atoms. The van der Waals surface area contributed by atoms with E-state index in [4.69, 9.17) is 23.7 Å². The van der Waals surface area contributed by atoms with Crippen molar-refractivity contribution in [3.63, 3.8) is 0 Å². The van der Waals surface area contributed by atoms with Crippen molar-refractivity contribution in [1.29, 1.82) is 0 Å². The van der Waals surface area contributed by atoms with Crippen LogP contribution in [0.1, 0.15) is 37.8 Å². The molecule has 0 radical (unpaired) electrons. The van der Waals surface area contributed by atoms with Crippen molar-refractivity contribution < 1.29 is 28.5 Å². The fraction of sp³-hybridized carbons (Fsp3) is 0.464. The van der Waals surface area contributed by atoms with Crippen molar-refractivity contribution in [1.82, 2.24) is 4.90 Å². The molecule has 0 bridgehead atoms. The number of rotatable bonds is 10. The number of nitrogens with zero attached hydrogens (tertiary/aromatic N) is 1.